The van der Waals surface area contributed by atoms with Crippen LogP contribution >= 0.6 is 0 Å². The second-order valence-electron chi connectivity index (χ2n) is 6.18. The summed E-state index contributed by atoms with van der Waals surface area (Å²) in [5.74, 6) is 1.64. The SMILES string of the molecule is CCc1cc(CC)cc(OCN2CCN(C(=O)CS(C)=S)CC2)c1. The minimum absolute atomic E-state index is 0.194. The van der Waals surface area contributed by atoms with Crippen LogP contribution in [0.2, 0.25) is 0 Å². The lowest BCUT2D eigenvalue weighted by Gasteiger charge is -2.34. The van der Waals surface area contributed by atoms with Crippen LogP contribution in [-0.4, -0.2) is 60.6 Å². The Labute approximate surface area is 152 Å². The summed E-state index contributed by atoms with van der Waals surface area (Å²) in [5, 5.41) is 0. The van der Waals surface area contributed by atoms with Crippen molar-refractivity contribution < 1.29 is 9.53 Å². The lowest BCUT2D eigenvalue weighted by molar-refractivity contribution is -0.130. The van der Waals surface area contributed by atoms with Gasteiger partial charge in [0, 0.05) is 26.2 Å². The van der Waals surface area contributed by atoms with Crippen molar-refractivity contribution in [3.05, 3.63) is 29.3 Å². The normalized spacial score (nSPS) is 16.9. The number of benzene rings is 1. The third-order valence-electron chi connectivity index (χ3n) is 4.31. The summed E-state index contributed by atoms with van der Waals surface area (Å²) in [6.45, 7) is 8.16. The Hall–Kier alpha value is -0.980. The van der Waals surface area contributed by atoms with E-state index in [0.29, 0.717) is 12.5 Å². The number of piperazine rings is 1. The number of carbonyl (C=O) groups is 1. The van der Waals surface area contributed by atoms with Crippen molar-refractivity contribution in [3.8, 4) is 5.75 Å². The maximum absolute atomic E-state index is 12.1. The van der Waals surface area contributed by atoms with Gasteiger partial charge < -0.3 is 9.64 Å². The lowest BCUT2D eigenvalue weighted by atomic mass is 10.1. The summed E-state index contributed by atoms with van der Waals surface area (Å²) in [5.41, 5.74) is 2.64. The molecule has 134 valence electrons. The molecule has 1 aromatic rings. The molecular formula is C18H28N2O2S2. The van der Waals surface area contributed by atoms with Gasteiger partial charge in [0.2, 0.25) is 5.91 Å². The number of carbonyl (C=O) groups excluding carboxylic acids is 1. The number of amides is 1. The number of rotatable bonds is 7. The Morgan fingerprint density at radius 2 is 1.71 bits per heavy atom. The van der Waals surface area contributed by atoms with Crippen LogP contribution in [0.1, 0.15) is 25.0 Å². The molecule has 0 aromatic heterocycles. The molecule has 0 saturated carbocycles. The van der Waals surface area contributed by atoms with Gasteiger partial charge in [-0.05, 0) is 42.4 Å². The van der Waals surface area contributed by atoms with E-state index in [0.717, 1.165) is 44.8 Å². The van der Waals surface area contributed by atoms with Crippen molar-refractivity contribution in [2.24, 2.45) is 0 Å². The fraction of sp³-hybridized carbons (Fsp3) is 0.611. The molecule has 1 heterocycles. The second-order valence-corrected chi connectivity index (χ2v) is 9.32. The van der Waals surface area contributed by atoms with Crippen LogP contribution in [0.4, 0.5) is 0 Å². The van der Waals surface area contributed by atoms with Crippen LogP contribution in [-0.2, 0) is 38.3 Å². The van der Waals surface area contributed by atoms with Gasteiger partial charge in [-0.15, -0.1) is 9.45 Å². The molecule has 6 heteroatoms. The van der Waals surface area contributed by atoms with E-state index in [-0.39, 0.29) is 15.4 Å². The molecule has 1 saturated heterocycles. The molecule has 4 nitrogen and oxygen atoms in total. The first-order valence-corrected chi connectivity index (χ1v) is 11.3. The summed E-state index contributed by atoms with van der Waals surface area (Å²) in [6.07, 6.45) is 3.98. The molecule has 1 unspecified atom stereocenters. The number of ether oxygens (including phenoxy) is 1. The van der Waals surface area contributed by atoms with Crippen LogP contribution < -0.4 is 4.74 Å². The Balaban J connectivity index is 1.82. The van der Waals surface area contributed by atoms with Crippen molar-refractivity contribution in [2.45, 2.75) is 26.7 Å². The fourth-order valence-corrected chi connectivity index (χ4v) is 3.61. The molecule has 0 radical (unpaired) electrons. The van der Waals surface area contributed by atoms with E-state index in [9.17, 15) is 4.79 Å². The van der Waals surface area contributed by atoms with Crippen LogP contribution in [0.5, 0.6) is 5.75 Å². The molecule has 0 N–H and O–H groups in total. The Kier molecular flexibility index (Phi) is 7.65. The number of hydrogen-bond donors (Lipinski definition) is 0. The van der Waals surface area contributed by atoms with Crippen molar-refractivity contribution in [1.29, 1.82) is 0 Å². The zero-order valence-corrected chi connectivity index (χ0v) is 16.5. The largest absolute Gasteiger partial charge is 0.478 e. The van der Waals surface area contributed by atoms with Crippen molar-refractivity contribution in [1.82, 2.24) is 9.80 Å². The van der Waals surface area contributed by atoms with Gasteiger partial charge in [0.05, 0.1) is 5.75 Å². The van der Waals surface area contributed by atoms with Crippen LogP contribution in [0.25, 0.3) is 0 Å². The third kappa shape index (κ3) is 5.83. The van der Waals surface area contributed by atoms with Gasteiger partial charge in [-0.2, -0.15) is 0 Å². The highest BCUT2D eigenvalue weighted by atomic mass is 32.8. The predicted octanol–water partition coefficient (Wildman–Crippen LogP) is 2.00. The topological polar surface area (TPSA) is 32.8 Å². The molecule has 0 bridgehead atoms. The predicted molar refractivity (Wildman–Crippen MR) is 104 cm³/mol. The van der Waals surface area contributed by atoms with Crippen LogP contribution in [0.15, 0.2) is 18.2 Å². The van der Waals surface area contributed by atoms with Crippen LogP contribution in [0.3, 0.4) is 0 Å². The summed E-state index contributed by atoms with van der Waals surface area (Å²) in [7, 11) is -0.237. The van der Waals surface area contributed by atoms with E-state index in [4.69, 9.17) is 15.9 Å². The van der Waals surface area contributed by atoms with Gasteiger partial charge in [0.1, 0.15) is 12.5 Å². The van der Waals surface area contributed by atoms with Gasteiger partial charge in [-0.25, -0.2) is 0 Å². The first kappa shape index (κ1) is 19.3. The second kappa shape index (κ2) is 9.49. The van der Waals surface area contributed by atoms with Crippen LogP contribution in [0, 0.1) is 0 Å². The molecule has 1 aliphatic heterocycles. The highest BCUT2D eigenvalue weighted by molar-refractivity contribution is 8.28. The summed E-state index contributed by atoms with van der Waals surface area (Å²) in [6, 6.07) is 6.51. The highest BCUT2D eigenvalue weighted by Crippen LogP contribution is 2.19. The smallest absolute Gasteiger partial charge is 0.232 e. The average molecular weight is 369 g/mol. The van der Waals surface area contributed by atoms with Gasteiger partial charge in [-0.1, -0.05) is 31.1 Å². The number of nitrogens with zero attached hydrogens (tertiary/aromatic N) is 2. The molecule has 1 aromatic carbocycles. The average Bonchev–Trinajstić information content (AvgIpc) is 2.59. The monoisotopic (exact) mass is 368 g/mol. The van der Waals surface area contributed by atoms with Gasteiger partial charge in [0.15, 0.2) is 0 Å². The Morgan fingerprint density at radius 1 is 1.12 bits per heavy atom. The minimum atomic E-state index is -0.237. The summed E-state index contributed by atoms with van der Waals surface area (Å²) < 4.78 is 6.00. The van der Waals surface area contributed by atoms with Gasteiger partial charge >= 0.3 is 0 Å². The van der Waals surface area contributed by atoms with Crippen molar-refractivity contribution >= 4 is 26.5 Å². The maximum Gasteiger partial charge on any atom is 0.232 e. The standard InChI is InChI=1S/C18H28N2O2S2/c1-4-15-10-16(5-2)12-17(11-15)22-14-19-6-8-20(9-7-19)18(21)13-24(3)23/h10-12H,4-9,13-14H2,1-3H3. The molecule has 1 aliphatic rings. The molecule has 1 atom stereocenters. The first-order chi connectivity index (χ1) is 11.5. The molecular weight excluding hydrogens is 340 g/mol. The van der Waals surface area contributed by atoms with E-state index < -0.39 is 0 Å². The zero-order chi connectivity index (χ0) is 17.5. The minimum Gasteiger partial charge on any atom is -0.478 e. The van der Waals surface area contributed by atoms with Crippen molar-refractivity contribution in [2.75, 3.05) is 44.9 Å². The van der Waals surface area contributed by atoms with E-state index >= 15 is 0 Å². The molecule has 1 fully saturated rings. The first-order valence-electron chi connectivity index (χ1n) is 8.57. The summed E-state index contributed by atoms with van der Waals surface area (Å²) >= 11 is 5.13. The van der Waals surface area contributed by atoms with E-state index in [2.05, 4.69) is 36.9 Å². The van der Waals surface area contributed by atoms with E-state index in [1.165, 1.54) is 11.1 Å². The fourth-order valence-electron chi connectivity index (χ4n) is 2.78. The molecule has 24 heavy (non-hydrogen) atoms. The summed E-state index contributed by atoms with van der Waals surface area (Å²) in [4.78, 5) is 16.2. The Bertz CT molecular complexity index is 562. The highest BCUT2D eigenvalue weighted by Gasteiger charge is 2.21. The Morgan fingerprint density at radius 3 is 2.21 bits per heavy atom. The van der Waals surface area contributed by atoms with E-state index in [1.807, 2.05) is 11.2 Å². The molecule has 0 aliphatic carbocycles. The maximum atomic E-state index is 12.1. The lowest BCUT2D eigenvalue weighted by Crippen LogP contribution is -2.50. The quantitative estimate of drug-likeness (QED) is 0.737. The van der Waals surface area contributed by atoms with Crippen molar-refractivity contribution in [3.63, 3.8) is 0 Å². The zero-order valence-electron chi connectivity index (χ0n) is 14.9. The number of aryl methyl sites for hydroxylation is 2. The molecule has 2 rings (SSSR count). The van der Waals surface area contributed by atoms with E-state index in [1.54, 1.807) is 0 Å². The van der Waals surface area contributed by atoms with Gasteiger partial charge in [-0.3, -0.25) is 9.69 Å². The number of hydrogen-bond acceptors (Lipinski definition) is 4. The third-order valence-corrected chi connectivity index (χ3v) is 5.32. The molecule has 0 spiro atoms. The molecule has 1 amide bonds. The van der Waals surface area contributed by atoms with Gasteiger partial charge in [0.25, 0.3) is 0 Å².